The first-order chi connectivity index (χ1) is 10.2. The van der Waals surface area contributed by atoms with Crippen LogP contribution in [-0.2, 0) is 4.79 Å². The highest BCUT2D eigenvalue weighted by Gasteiger charge is 2.19. The second-order valence-electron chi connectivity index (χ2n) is 4.79. The van der Waals surface area contributed by atoms with Crippen molar-refractivity contribution in [3.8, 4) is 0 Å². The Balaban J connectivity index is 2.12. The summed E-state index contributed by atoms with van der Waals surface area (Å²) in [6.45, 7) is 2.79. The smallest absolute Gasteiger partial charge is 0.246 e. The van der Waals surface area contributed by atoms with Gasteiger partial charge in [0.25, 0.3) is 0 Å². The van der Waals surface area contributed by atoms with Gasteiger partial charge in [0, 0.05) is 5.69 Å². The standard InChI is InChI=1S/C17H19FN2O/c1-2-12-19-16(13-6-4-3-5-7-13)17(21)20-15-10-8-14(18)9-11-15/h3-11,16,19H,2,12H2,1H3,(H,20,21). The number of nitrogens with one attached hydrogen (secondary N) is 2. The Morgan fingerprint density at radius 2 is 1.76 bits per heavy atom. The Hall–Kier alpha value is -2.20. The third kappa shape index (κ3) is 4.39. The van der Waals surface area contributed by atoms with Gasteiger partial charge in [-0.15, -0.1) is 0 Å². The highest BCUT2D eigenvalue weighted by Crippen LogP contribution is 2.16. The first kappa shape index (κ1) is 15.2. The molecule has 0 heterocycles. The topological polar surface area (TPSA) is 41.1 Å². The molecule has 1 unspecified atom stereocenters. The quantitative estimate of drug-likeness (QED) is 0.853. The van der Waals surface area contributed by atoms with Crippen molar-refractivity contribution in [3.05, 3.63) is 66.0 Å². The average Bonchev–Trinajstić information content (AvgIpc) is 2.51. The van der Waals surface area contributed by atoms with Crippen LogP contribution in [0.15, 0.2) is 54.6 Å². The molecule has 2 aromatic rings. The van der Waals surface area contributed by atoms with Crippen LogP contribution >= 0.6 is 0 Å². The maximum atomic E-state index is 12.9. The van der Waals surface area contributed by atoms with E-state index in [0.29, 0.717) is 5.69 Å². The van der Waals surface area contributed by atoms with Crippen molar-refractivity contribution in [2.75, 3.05) is 11.9 Å². The number of hydrogen-bond acceptors (Lipinski definition) is 2. The average molecular weight is 286 g/mol. The fourth-order valence-electron chi connectivity index (χ4n) is 2.04. The van der Waals surface area contributed by atoms with Crippen LogP contribution in [0.4, 0.5) is 10.1 Å². The molecule has 1 atom stereocenters. The molecule has 3 nitrogen and oxygen atoms in total. The van der Waals surface area contributed by atoms with Crippen LogP contribution in [-0.4, -0.2) is 12.5 Å². The van der Waals surface area contributed by atoms with Gasteiger partial charge in [0.15, 0.2) is 0 Å². The lowest BCUT2D eigenvalue weighted by molar-refractivity contribution is -0.118. The SMILES string of the molecule is CCCNC(C(=O)Nc1ccc(F)cc1)c1ccccc1. The Kier molecular flexibility index (Phi) is 5.46. The molecule has 0 aliphatic rings. The minimum absolute atomic E-state index is 0.152. The summed E-state index contributed by atoms with van der Waals surface area (Å²) in [7, 11) is 0. The largest absolute Gasteiger partial charge is 0.324 e. The molecular formula is C17H19FN2O. The van der Waals surface area contributed by atoms with Crippen molar-refractivity contribution < 1.29 is 9.18 Å². The molecule has 0 saturated carbocycles. The predicted molar refractivity (Wildman–Crippen MR) is 82.5 cm³/mol. The molecule has 0 saturated heterocycles. The van der Waals surface area contributed by atoms with Gasteiger partial charge in [-0.1, -0.05) is 37.3 Å². The summed E-state index contributed by atoms with van der Waals surface area (Å²) < 4.78 is 12.9. The molecule has 4 heteroatoms. The van der Waals surface area contributed by atoms with E-state index in [-0.39, 0.29) is 11.7 Å². The van der Waals surface area contributed by atoms with E-state index in [1.165, 1.54) is 12.1 Å². The van der Waals surface area contributed by atoms with Crippen LogP contribution in [0.1, 0.15) is 24.9 Å². The summed E-state index contributed by atoms with van der Waals surface area (Å²) in [6.07, 6.45) is 0.938. The number of hydrogen-bond donors (Lipinski definition) is 2. The van der Waals surface area contributed by atoms with E-state index in [1.54, 1.807) is 12.1 Å². The van der Waals surface area contributed by atoms with Gasteiger partial charge in [-0.25, -0.2) is 4.39 Å². The molecule has 0 radical (unpaired) electrons. The van der Waals surface area contributed by atoms with Crippen molar-refractivity contribution in [1.82, 2.24) is 5.32 Å². The second kappa shape index (κ2) is 7.55. The van der Waals surface area contributed by atoms with E-state index in [1.807, 2.05) is 37.3 Å². The fraction of sp³-hybridized carbons (Fsp3) is 0.235. The number of anilines is 1. The zero-order valence-electron chi connectivity index (χ0n) is 12.0. The lowest BCUT2D eigenvalue weighted by Crippen LogP contribution is -2.33. The Bertz CT molecular complexity index is 569. The highest BCUT2D eigenvalue weighted by molar-refractivity contribution is 5.95. The summed E-state index contributed by atoms with van der Waals surface area (Å²) in [5, 5.41) is 6.04. The third-order valence-electron chi connectivity index (χ3n) is 3.11. The third-order valence-corrected chi connectivity index (χ3v) is 3.11. The molecule has 2 N–H and O–H groups in total. The Labute approximate surface area is 124 Å². The molecule has 21 heavy (non-hydrogen) atoms. The summed E-state index contributed by atoms with van der Waals surface area (Å²) >= 11 is 0. The highest BCUT2D eigenvalue weighted by atomic mass is 19.1. The van der Waals surface area contributed by atoms with Gasteiger partial charge in [0.2, 0.25) is 5.91 Å². The first-order valence-corrected chi connectivity index (χ1v) is 7.05. The number of halogens is 1. The van der Waals surface area contributed by atoms with Crippen molar-refractivity contribution >= 4 is 11.6 Å². The van der Waals surface area contributed by atoms with E-state index in [0.717, 1.165) is 18.5 Å². The number of carbonyl (C=O) groups excluding carboxylic acids is 1. The lowest BCUT2D eigenvalue weighted by Gasteiger charge is -2.18. The maximum absolute atomic E-state index is 12.9. The van der Waals surface area contributed by atoms with Crippen LogP contribution < -0.4 is 10.6 Å². The van der Waals surface area contributed by atoms with Crippen LogP contribution in [0.25, 0.3) is 0 Å². The van der Waals surface area contributed by atoms with Gasteiger partial charge in [-0.3, -0.25) is 4.79 Å². The van der Waals surface area contributed by atoms with E-state index >= 15 is 0 Å². The molecule has 0 fully saturated rings. The van der Waals surface area contributed by atoms with Crippen molar-refractivity contribution in [1.29, 1.82) is 0 Å². The zero-order valence-corrected chi connectivity index (χ0v) is 12.0. The molecule has 0 aliphatic carbocycles. The van der Waals surface area contributed by atoms with Crippen LogP contribution in [0, 0.1) is 5.82 Å². The second-order valence-corrected chi connectivity index (χ2v) is 4.79. The van der Waals surface area contributed by atoms with Gasteiger partial charge in [0.05, 0.1) is 0 Å². The monoisotopic (exact) mass is 286 g/mol. The minimum Gasteiger partial charge on any atom is -0.324 e. The van der Waals surface area contributed by atoms with Gasteiger partial charge in [-0.2, -0.15) is 0 Å². The van der Waals surface area contributed by atoms with Gasteiger partial charge in [-0.05, 0) is 42.8 Å². The number of benzene rings is 2. The number of rotatable bonds is 6. The normalized spacial score (nSPS) is 11.9. The molecule has 0 spiro atoms. The van der Waals surface area contributed by atoms with Crippen LogP contribution in [0.3, 0.4) is 0 Å². The predicted octanol–water partition coefficient (Wildman–Crippen LogP) is 3.51. The molecule has 1 amide bonds. The van der Waals surface area contributed by atoms with E-state index in [4.69, 9.17) is 0 Å². The minimum atomic E-state index is -0.420. The zero-order chi connectivity index (χ0) is 15.1. The summed E-state index contributed by atoms with van der Waals surface area (Å²) in [5.41, 5.74) is 1.49. The Morgan fingerprint density at radius 3 is 2.38 bits per heavy atom. The van der Waals surface area contributed by atoms with Crippen LogP contribution in [0.5, 0.6) is 0 Å². The maximum Gasteiger partial charge on any atom is 0.246 e. The van der Waals surface area contributed by atoms with Gasteiger partial charge < -0.3 is 10.6 Å². The van der Waals surface area contributed by atoms with Gasteiger partial charge >= 0.3 is 0 Å². The lowest BCUT2D eigenvalue weighted by atomic mass is 10.1. The molecular weight excluding hydrogens is 267 g/mol. The summed E-state index contributed by atoms with van der Waals surface area (Å²) in [5.74, 6) is -0.474. The van der Waals surface area contributed by atoms with Crippen molar-refractivity contribution in [2.24, 2.45) is 0 Å². The van der Waals surface area contributed by atoms with E-state index < -0.39 is 6.04 Å². The molecule has 2 aromatic carbocycles. The van der Waals surface area contributed by atoms with E-state index in [2.05, 4.69) is 10.6 Å². The molecule has 0 bridgehead atoms. The molecule has 110 valence electrons. The van der Waals surface area contributed by atoms with Crippen LogP contribution in [0.2, 0.25) is 0 Å². The fourth-order valence-corrected chi connectivity index (χ4v) is 2.04. The van der Waals surface area contributed by atoms with E-state index in [9.17, 15) is 9.18 Å². The Morgan fingerprint density at radius 1 is 1.10 bits per heavy atom. The molecule has 0 aliphatic heterocycles. The molecule has 2 rings (SSSR count). The summed E-state index contributed by atoms with van der Waals surface area (Å²) in [4.78, 5) is 12.4. The van der Waals surface area contributed by atoms with Crippen molar-refractivity contribution in [2.45, 2.75) is 19.4 Å². The van der Waals surface area contributed by atoms with Crippen molar-refractivity contribution in [3.63, 3.8) is 0 Å². The summed E-state index contributed by atoms with van der Waals surface area (Å²) in [6, 6.07) is 14.9. The number of amides is 1. The first-order valence-electron chi connectivity index (χ1n) is 7.05. The van der Waals surface area contributed by atoms with Gasteiger partial charge in [0.1, 0.15) is 11.9 Å². The number of carbonyl (C=O) groups is 1. The molecule has 0 aromatic heterocycles.